The van der Waals surface area contributed by atoms with E-state index in [2.05, 4.69) is 5.32 Å². The van der Waals surface area contributed by atoms with Crippen molar-refractivity contribution in [2.75, 3.05) is 26.1 Å². The van der Waals surface area contributed by atoms with Crippen LogP contribution in [0.3, 0.4) is 0 Å². The molecule has 4 aromatic rings. The van der Waals surface area contributed by atoms with Crippen molar-refractivity contribution in [2.45, 2.75) is 13.8 Å². The number of carbonyl (C=O) groups is 1. The van der Waals surface area contributed by atoms with Crippen LogP contribution >= 0.6 is 0 Å². The molecule has 1 heterocycles. The molecule has 0 atom stereocenters. The Hall–Kier alpha value is -4.26. The first-order valence-corrected chi connectivity index (χ1v) is 10.7. The molecule has 4 rings (SSSR count). The highest BCUT2D eigenvalue weighted by molar-refractivity contribution is 5.93. The van der Waals surface area contributed by atoms with E-state index in [4.69, 9.17) is 18.6 Å². The average molecular weight is 459 g/mol. The van der Waals surface area contributed by atoms with Gasteiger partial charge in [-0.1, -0.05) is 29.8 Å². The Balaban J connectivity index is 1.70. The number of methoxy groups -OCH3 is 2. The lowest BCUT2D eigenvalue weighted by Gasteiger charge is -2.14. The summed E-state index contributed by atoms with van der Waals surface area (Å²) in [5.41, 5.74) is 3.30. The van der Waals surface area contributed by atoms with Gasteiger partial charge in [0.05, 0.1) is 19.6 Å². The number of para-hydroxylation sites is 1. The van der Waals surface area contributed by atoms with Crippen LogP contribution < -0.4 is 25.0 Å². The molecule has 0 aliphatic rings. The summed E-state index contributed by atoms with van der Waals surface area (Å²) in [4.78, 5) is 25.9. The maximum Gasteiger partial charge on any atom is 0.262 e. The standard InChI is InChI=1S/C27H25NO6/c1-16-9-11-20(17(2)13-16)28-24(29)15-33-27-25(30)19-7-5-6-8-21(19)34-26(27)18-10-12-22(31-3)23(14-18)32-4/h5-14H,15H2,1-4H3,(H,28,29). The van der Waals surface area contributed by atoms with Gasteiger partial charge in [0.2, 0.25) is 11.2 Å². The number of hydrogen-bond donors (Lipinski definition) is 1. The minimum Gasteiger partial charge on any atom is -0.493 e. The van der Waals surface area contributed by atoms with E-state index in [0.717, 1.165) is 11.1 Å². The number of hydrogen-bond acceptors (Lipinski definition) is 6. The Morgan fingerprint density at radius 3 is 2.44 bits per heavy atom. The molecule has 7 heteroatoms. The summed E-state index contributed by atoms with van der Waals surface area (Å²) < 4.78 is 22.5. The van der Waals surface area contributed by atoms with Crippen LogP contribution in [0.1, 0.15) is 11.1 Å². The lowest BCUT2D eigenvalue weighted by atomic mass is 10.1. The Morgan fingerprint density at radius 1 is 0.941 bits per heavy atom. The predicted octanol–water partition coefficient (Wildman–Crippen LogP) is 5.11. The van der Waals surface area contributed by atoms with Crippen molar-refractivity contribution in [2.24, 2.45) is 0 Å². The third kappa shape index (κ3) is 4.59. The third-order valence-electron chi connectivity index (χ3n) is 5.41. The number of ether oxygens (including phenoxy) is 3. The Morgan fingerprint density at radius 2 is 1.71 bits per heavy atom. The predicted molar refractivity (Wildman–Crippen MR) is 131 cm³/mol. The summed E-state index contributed by atoms with van der Waals surface area (Å²) in [6.45, 7) is 3.53. The van der Waals surface area contributed by atoms with Gasteiger partial charge in [0.15, 0.2) is 23.9 Å². The largest absolute Gasteiger partial charge is 0.493 e. The second-order valence-electron chi connectivity index (χ2n) is 7.81. The zero-order valence-electron chi connectivity index (χ0n) is 19.4. The first-order valence-electron chi connectivity index (χ1n) is 10.7. The zero-order valence-corrected chi connectivity index (χ0v) is 19.4. The van der Waals surface area contributed by atoms with E-state index in [1.165, 1.54) is 14.2 Å². The van der Waals surface area contributed by atoms with Crippen LogP contribution in [0.2, 0.25) is 0 Å². The summed E-state index contributed by atoms with van der Waals surface area (Å²) >= 11 is 0. The number of amides is 1. The van der Waals surface area contributed by atoms with E-state index in [1.807, 2.05) is 32.0 Å². The van der Waals surface area contributed by atoms with Gasteiger partial charge in [-0.15, -0.1) is 0 Å². The molecule has 0 aliphatic carbocycles. The molecule has 1 aromatic heterocycles. The molecule has 0 bridgehead atoms. The van der Waals surface area contributed by atoms with Crippen LogP contribution in [0, 0.1) is 13.8 Å². The van der Waals surface area contributed by atoms with Crippen molar-refractivity contribution in [1.29, 1.82) is 0 Å². The fourth-order valence-corrected chi connectivity index (χ4v) is 3.70. The summed E-state index contributed by atoms with van der Waals surface area (Å²) in [7, 11) is 3.06. The molecule has 0 fully saturated rings. The lowest BCUT2D eigenvalue weighted by Crippen LogP contribution is -2.23. The van der Waals surface area contributed by atoms with Crippen molar-refractivity contribution in [1.82, 2.24) is 0 Å². The van der Waals surface area contributed by atoms with Crippen LogP contribution in [0.15, 0.2) is 69.9 Å². The first kappa shape index (κ1) is 22.9. The maximum atomic E-state index is 13.3. The highest BCUT2D eigenvalue weighted by Crippen LogP contribution is 2.36. The molecular formula is C27H25NO6. The molecule has 1 amide bonds. The summed E-state index contributed by atoms with van der Waals surface area (Å²) in [5, 5.41) is 3.18. The quantitative estimate of drug-likeness (QED) is 0.413. The van der Waals surface area contributed by atoms with Gasteiger partial charge in [0.1, 0.15) is 5.58 Å². The van der Waals surface area contributed by atoms with Gasteiger partial charge in [0, 0.05) is 11.3 Å². The SMILES string of the molecule is COc1ccc(-c2oc3ccccc3c(=O)c2OCC(=O)Nc2ccc(C)cc2C)cc1OC. The van der Waals surface area contributed by atoms with Crippen LogP contribution in [0.25, 0.3) is 22.3 Å². The van der Waals surface area contributed by atoms with Crippen molar-refractivity contribution in [3.63, 3.8) is 0 Å². The minimum absolute atomic E-state index is 0.0540. The molecular weight excluding hydrogens is 434 g/mol. The van der Waals surface area contributed by atoms with Gasteiger partial charge in [-0.25, -0.2) is 0 Å². The van der Waals surface area contributed by atoms with E-state index >= 15 is 0 Å². The van der Waals surface area contributed by atoms with Gasteiger partial charge >= 0.3 is 0 Å². The van der Waals surface area contributed by atoms with Crippen molar-refractivity contribution in [3.05, 3.63) is 82.0 Å². The number of fused-ring (bicyclic) bond motifs is 1. The molecule has 34 heavy (non-hydrogen) atoms. The van der Waals surface area contributed by atoms with Gasteiger partial charge in [-0.05, 0) is 55.8 Å². The smallest absolute Gasteiger partial charge is 0.262 e. The minimum atomic E-state index is -0.391. The molecule has 0 saturated heterocycles. The molecule has 7 nitrogen and oxygen atoms in total. The highest BCUT2D eigenvalue weighted by atomic mass is 16.5. The van der Waals surface area contributed by atoms with Gasteiger partial charge < -0.3 is 23.9 Å². The van der Waals surface area contributed by atoms with Crippen LogP contribution in [-0.2, 0) is 4.79 Å². The maximum absolute atomic E-state index is 13.3. The van der Waals surface area contributed by atoms with E-state index in [0.29, 0.717) is 33.7 Å². The molecule has 0 aliphatic heterocycles. The molecule has 0 spiro atoms. The van der Waals surface area contributed by atoms with Gasteiger partial charge in [0.25, 0.3) is 5.91 Å². The van der Waals surface area contributed by atoms with Crippen molar-refractivity contribution < 1.29 is 23.4 Å². The number of aryl methyl sites for hydroxylation is 2. The number of carbonyl (C=O) groups excluding carboxylic acids is 1. The van der Waals surface area contributed by atoms with E-state index in [-0.39, 0.29) is 23.5 Å². The second-order valence-corrected chi connectivity index (χ2v) is 7.81. The van der Waals surface area contributed by atoms with Crippen LogP contribution in [0.4, 0.5) is 5.69 Å². The molecule has 0 saturated carbocycles. The van der Waals surface area contributed by atoms with Gasteiger partial charge in [-0.2, -0.15) is 0 Å². The molecule has 1 N–H and O–H groups in total. The van der Waals surface area contributed by atoms with Crippen molar-refractivity contribution in [3.8, 4) is 28.6 Å². The topological polar surface area (TPSA) is 87.0 Å². The lowest BCUT2D eigenvalue weighted by molar-refractivity contribution is -0.118. The Bertz CT molecular complexity index is 1420. The van der Waals surface area contributed by atoms with Gasteiger partial charge in [-0.3, -0.25) is 9.59 Å². The van der Waals surface area contributed by atoms with Crippen LogP contribution in [0.5, 0.6) is 17.2 Å². The monoisotopic (exact) mass is 459 g/mol. The van der Waals surface area contributed by atoms with E-state index in [9.17, 15) is 9.59 Å². The number of benzene rings is 3. The average Bonchev–Trinajstić information content (AvgIpc) is 2.84. The summed E-state index contributed by atoms with van der Waals surface area (Å²) in [5.74, 6) is 0.752. The number of nitrogens with one attached hydrogen (secondary N) is 1. The summed E-state index contributed by atoms with van der Waals surface area (Å²) in [6.07, 6.45) is 0. The number of anilines is 1. The molecule has 0 radical (unpaired) electrons. The fourth-order valence-electron chi connectivity index (χ4n) is 3.70. The first-order chi connectivity index (χ1) is 16.4. The fraction of sp³-hybridized carbons (Fsp3) is 0.185. The summed E-state index contributed by atoms with van der Waals surface area (Å²) in [6, 6.07) is 17.7. The molecule has 0 unspecified atom stereocenters. The third-order valence-corrected chi connectivity index (χ3v) is 5.41. The zero-order chi connectivity index (χ0) is 24.2. The molecule has 174 valence electrons. The van der Waals surface area contributed by atoms with E-state index < -0.39 is 5.91 Å². The van der Waals surface area contributed by atoms with E-state index in [1.54, 1.807) is 42.5 Å². The Kier molecular flexibility index (Phi) is 6.54. The normalized spacial score (nSPS) is 10.7. The van der Waals surface area contributed by atoms with Crippen LogP contribution in [-0.4, -0.2) is 26.7 Å². The second kappa shape index (κ2) is 9.70. The van der Waals surface area contributed by atoms with Crippen molar-refractivity contribution >= 4 is 22.6 Å². The Labute approximate surface area is 196 Å². The highest BCUT2D eigenvalue weighted by Gasteiger charge is 2.20. The molecule has 3 aromatic carbocycles. The number of rotatable bonds is 7.